The van der Waals surface area contributed by atoms with Crippen LogP contribution in [0.25, 0.3) is 0 Å². The first kappa shape index (κ1) is 28.4. The van der Waals surface area contributed by atoms with Crippen LogP contribution < -0.4 is 16.0 Å². The topological polar surface area (TPSA) is 159 Å². The number of aromatic nitrogens is 1. The summed E-state index contributed by atoms with van der Waals surface area (Å²) in [7, 11) is 0. The number of nitrogens with zero attached hydrogens (tertiary/aromatic N) is 2. The Kier molecular flexibility index (Phi) is 10.8. The maximum Gasteiger partial charge on any atom is 0.410 e. The fourth-order valence-corrected chi connectivity index (χ4v) is 3.86. The van der Waals surface area contributed by atoms with Crippen molar-refractivity contribution in [3.63, 3.8) is 0 Å². The lowest BCUT2D eigenvalue weighted by Gasteiger charge is -2.24. The predicted molar refractivity (Wildman–Crippen MR) is 137 cm³/mol. The Balaban J connectivity index is 1.53. The lowest BCUT2D eigenvalue weighted by atomic mass is 10.2. The zero-order valence-corrected chi connectivity index (χ0v) is 21.2. The molecular formula is C26H33N5O7. The van der Waals surface area contributed by atoms with Gasteiger partial charge in [-0.2, -0.15) is 0 Å². The highest BCUT2D eigenvalue weighted by atomic mass is 16.6. The molecule has 12 nitrogen and oxygen atoms in total. The van der Waals surface area contributed by atoms with Crippen molar-refractivity contribution in [3.8, 4) is 0 Å². The average Bonchev–Trinajstić information content (AvgIpc) is 3.35. The molecule has 4 N–H and O–H groups in total. The highest BCUT2D eigenvalue weighted by Crippen LogP contribution is 2.22. The summed E-state index contributed by atoms with van der Waals surface area (Å²) in [5.41, 5.74) is 0.863. The third-order valence-corrected chi connectivity index (χ3v) is 5.91. The van der Waals surface area contributed by atoms with Crippen molar-refractivity contribution in [2.75, 3.05) is 31.6 Å². The molecule has 2 heterocycles. The number of amides is 3. The molecule has 1 aliphatic heterocycles. The van der Waals surface area contributed by atoms with Crippen LogP contribution in [0.3, 0.4) is 0 Å². The molecule has 0 bridgehead atoms. The molecule has 1 aromatic heterocycles. The number of ether oxygens (including phenoxy) is 2. The molecule has 0 aliphatic carbocycles. The van der Waals surface area contributed by atoms with Gasteiger partial charge in [0.05, 0.1) is 18.7 Å². The summed E-state index contributed by atoms with van der Waals surface area (Å²) < 4.78 is 11.3. The van der Waals surface area contributed by atoms with Crippen LogP contribution in [0, 0.1) is 0 Å². The highest BCUT2D eigenvalue weighted by molar-refractivity contribution is 5.84. The van der Waals surface area contributed by atoms with Crippen LogP contribution in [0.1, 0.15) is 25.3 Å². The molecule has 1 aliphatic rings. The van der Waals surface area contributed by atoms with E-state index in [4.69, 9.17) is 9.47 Å². The van der Waals surface area contributed by atoms with Crippen molar-refractivity contribution in [2.24, 2.45) is 0 Å². The van der Waals surface area contributed by atoms with E-state index in [1.807, 2.05) is 42.5 Å². The molecule has 1 fully saturated rings. The predicted octanol–water partition coefficient (Wildman–Crippen LogP) is 1.39. The molecule has 1 saturated heterocycles. The van der Waals surface area contributed by atoms with Gasteiger partial charge in [-0.3, -0.25) is 9.59 Å². The van der Waals surface area contributed by atoms with Gasteiger partial charge in [-0.05, 0) is 24.1 Å². The lowest BCUT2D eigenvalue weighted by Crippen LogP contribution is -2.48. The Bertz CT molecular complexity index is 1070. The van der Waals surface area contributed by atoms with Crippen molar-refractivity contribution in [3.05, 3.63) is 60.3 Å². The van der Waals surface area contributed by atoms with E-state index >= 15 is 0 Å². The van der Waals surface area contributed by atoms with E-state index in [1.54, 1.807) is 24.1 Å². The monoisotopic (exact) mass is 527 g/mol. The molecule has 0 spiro atoms. The first-order valence-electron chi connectivity index (χ1n) is 12.4. The minimum atomic E-state index is -1.25. The van der Waals surface area contributed by atoms with Crippen LogP contribution in [0.15, 0.2) is 54.7 Å². The van der Waals surface area contributed by atoms with Crippen molar-refractivity contribution in [2.45, 2.75) is 44.6 Å². The van der Waals surface area contributed by atoms with E-state index in [0.717, 1.165) is 5.56 Å². The van der Waals surface area contributed by atoms with Crippen LogP contribution in [0.5, 0.6) is 0 Å². The summed E-state index contributed by atoms with van der Waals surface area (Å²) in [6.45, 7) is 1.75. The Hall–Kier alpha value is -4.19. The molecular weight excluding hydrogens is 494 g/mol. The largest absolute Gasteiger partial charge is 0.480 e. The van der Waals surface area contributed by atoms with Gasteiger partial charge in [0.2, 0.25) is 11.8 Å². The number of likely N-dealkylation sites (tertiary alicyclic amines) is 1. The molecule has 3 atom stereocenters. The Labute approximate surface area is 220 Å². The average molecular weight is 528 g/mol. The van der Waals surface area contributed by atoms with Gasteiger partial charge in [0, 0.05) is 25.7 Å². The number of aliphatic carboxylic acids is 1. The number of carbonyl (C=O) groups is 4. The van der Waals surface area contributed by atoms with E-state index in [0.29, 0.717) is 18.8 Å². The van der Waals surface area contributed by atoms with Crippen molar-refractivity contribution < 1.29 is 33.8 Å². The highest BCUT2D eigenvalue weighted by Gasteiger charge is 2.37. The van der Waals surface area contributed by atoms with Crippen LogP contribution >= 0.6 is 0 Å². The van der Waals surface area contributed by atoms with Gasteiger partial charge >= 0.3 is 12.1 Å². The van der Waals surface area contributed by atoms with Gasteiger partial charge in [-0.15, -0.1) is 0 Å². The molecule has 3 amide bonds. The zero-order chi connectivity index (χ0) is 27.3. The fraction of sp³-hybridized carbons (Fsp3) is 0.423. The molecule has 12 heteroatoms. The van der Waals surface area contributed by atoms with Crippen molar-refractivity contribution in [1.82, 2.24) is 20.5 Å². The van der Waals surface area contributed by atoms with E-state index in [9.17, 15) is 24.3 Å². The number of nitrogens with one attached hydrogen (secondary N) is 3. The van der Waals surface area contributed by atoms with E-state index in [-0.39, 0.29) is 38.8 Å². The molecule has 0 unspecified atom stereocenters. The first-order valence-corrected chi connectivity index (χ1v) is 12.4. The summed E-state index contributed by atoms with van der Waals surface area (Å²) in [4.78, 5) is 53.8. The summed E-state index contributed by atoms with van der Waals surface area (Å²) in [5, 5.41) is 17.2. The lowest BCUT2D eigenvalue weighted by molar-refractivity contribution is -0.142. The van der Waals surface area contributed by atoms with Crippen molar-refractivity contribution in [1.29, 1.82) is 0 Å². The second-order valence-electron chi connectivity index (χ2n) is 8.73. The van der Waals surface area contributed by atoms with E-state index in [1.165, 1.54) is 0 Å². The maximum absolute atomic E-state index is 12.9. The number of hydrogen-bond acceptors (Lipinski definition) is 8. The number of rotatable bonds is 13. The zero-order valence-electron chi connectivity index (χ0n) is 21.2. The molecule has 204 valence electrons. The summed E-state index contributed by atoms with van der Waals surface area (Å²) >= 11 is 0. The second kappa shape index (κ2) is 14.5. The SMILES string of the molecule is CCC(=O)N[C@@H](CNC(=O)CO[C@@H]1C[C@@H](CNc2ccccn2)N(C(=O)OCc2ccccc2)C1)C(=O)O. The standard InChI is InChI=1S/C26H33N5O7/c1-2-23(32)30-21(25(34)35)14-29-24(33)17-37-20-12-19(13-28-22-10-6-7-11-27-22)31(15-20)26(36)38-16-18-8-4-3-5-9-18/h3-11,19-21H,2,12-17H2,1H3,(H,27,28)(H,29,33)(H,30,32)(H,34,35)/t19-,20+,21-/m0/s1. The number of benzene rings is 1. The summed E-state index contributed by atoms with van der Waals surface area (Å²) in [6, 6.07) is 13.3. The van der Waals surface area contributed by atoms with Gasteiger partial charge in [0.15, 0.2) is 0 Å². The first-order chi connectivity index (χ1) is 18.4. The number of pyridine rings is 1. The quantitative estimate of drug-likeness (QED) is 0.302. The van der Waals surface area contributed by atoms with Crippen LogP contribution in [-0.2, 0) is 30.5 Å². The summed E-state index contributed by atoms with van der Waals surface area (Å²) in [5.74, 6) is -1.55. The Morgan fingerprint density at radius 2 is 1.87 bits per heavy atom. The third-order valence-electron chi connectivity index (χ3n) is 5.91. The second-order valence-corrected chi connectivity index (χ2v) is 8.73. The van der Waals surface area contributed by atoms with E-state index in [2.05, 4.69) is 20.9 Å². The minimum Gasteiger partial charge on any atom is -0.480 e. The third kappa shape index (κ3) is 9.04. The van der Waals surface area contributed by atoms with Gasteiger partial charge in [-0.1, -0.05) is 43.3 Å². The van der Waals surface area contributed by atoms with Gasteiger partial charge in [0.25, 0.3) is 0 Å². The molecule has 0 radical (unpaired) electrons. The molecule has 0 saturated carbocycles. The number of carboxylic acid groups (broad SMARTS) is 1. The smallest absolute Gasteiger partial charge is 0.410 e. The number of carbonyl (C=O) groups excluding carboxylic acids is 3. The van der Waals surface area contributed by atoms with Crippen LogP contribution in [-0.4, -0.2) is 83.3 Å². The fourth-order valence-electron chi connectivity index (χ4n) is 3.86. The molecule has 3 rings (SSSR count). The van der Waals surface area contributed by atoms with Gasteiger partial charge < -0.3 is 35.4 Å². The number of anilines is 1. The molecule has 1 aromatic carbocycles. The molecule has 2 aromatic rings. The number of carboxylic acids is 1. The summed E-state index contributed by atoms with van der Waals surface area (Å²) in [6.07, 6.45) is 1.32. The Morgan fingerprint density at radius 3 is 2.55 bits per heavy atom. The molecule has 38 heavy (non-hydrogen) atoms. The van der Waals surface area contributed by atoms with Crippen molar-refractivity contribution >= 4 is 29.7 Å². The van der Waals surface area contributed by atoms with Crippen LogP contribution in [0.2, 0.25) is 0 Å². The number of hydrogen-bond donors (Lipinski definition) is 4. The van der Waals surface area contributed by atoms with E-state index < -0.39 is 36.0 Å². The maximum atomic E-state index is 12.9. The van der Waals surface area contributed by atoms with Gasteiger partial charge in [-0.25, -0.2) is 14.6 Å². The van der Waals surface area contributed by atoms with Crippen LogP contribution in [0.4, 0.5) is 10.6 Å². The minimum absolute atomic E-state index is 0.128. The normalized spacial score (nSPS) is 17.3. The Morgan fingerprint density at radius 1 is 1.11 bits per heavy atom. The van der Waals surface area contributed by atoms with Gasteiger partial charge in [0.1, 0.15) is 25.1 Å².